The molecular formula is C9H15N7. The minimum Gasteiger partial charge on any atom is -0.384 e. The van der Waals surface area contributed by atoms with Crippen LogP contribution in [0.5, 0.6) is 0 Å². The fourth-order valence-corrected chi connectivity index (χ4v) is 1.72. The first-order valence-electron chi connectivity index (χ1n) is 5.04. The first-order valence-corrected chi connectivity index (χ1v) is 5.04. The van der Waals surface area contributed by atoms with E-state index in [1.807, 2.05) is 17.7 Å². The van der Waals surface area contributed by atoms with E-state index in [0.29, 0.717) is 5.82 Å². The monoisotopic (exact) mass is 221 g/mol. The van der Waals surface area contributed by atoms with Crippen molar-refractivity contribution in [3.8, 4) is 0 Å². The third kappa shape index (κ3) is 1.66. The molecule has 7 heteroatoms. The molecule has 1 atom stereocenters. The van der Waals surface area contributed by atoms with Gasteiger partial charge in [-0.05, 0) is 13.0 Å². The molecule has 0 amide bonds. The highest BCUT2D eigenvalue weighted by Crippen LogP contribution is 2.24. The molecule has 2 heterocycles. The zero-order valence-electron chi connectivity index (χ0n) is 9.01. The Balaban J connectivity index is 2.40. The maximum atomic E-state index is 5.77. The molecule has 7 nitrogen and oxygen atoms in total. The second kappa shape index (κ2) is 4.33. The summed E-state index contributed by atoms with van der Waals surface area (Å²) in [5, 5.41) is 10.8. The summed E-state index contributed by atoms with van der Waals surface area (Å²) in [4.78, 5) is 0. The summed E-state index contributed by atoms with van der Waals surface area (Å²) in [6, 6.07) is 1.70. The van der Waals surface area contributed by atoms with Gasteiger partial charge in [0, 0.05) is 18.3 Å². The summed E-state index contributed by atoms with van der Waals surface area (Å²) >= 11 is 0. The maximum absolute atomic E-state index is 5.77. The quantitative estimate of drug-likeness (QED) is 0.420. The van der Waals surface area contributed by atoms with Crippen LogP contribution in [0.2, 0.25) is 0 Å². The van der Waals surface area contributed by atoms with E-state index in [1.54, 1.807) is 12.4 Å². The van der Waals surface area contributed by atoms with Crippen LogP contribution in [0.1, 0.15) is 24.2 Å². The van der Waals surface area contributed by atoms with Crippen LogP contribution in [0.4, 0.5) is 5.82 Å². The summed E-state index contributed by atoms with van der Waals surface area (Å²) in [5.74, 6) is 6.07. The lowest BCUT2D eigenvalue weighted by atomic mass is 10.1. The first-order chi connectivity index (χ1) is 7.77. The fraction of sp³-hybridized carbons (Fsp3) is 0.333. The van der Waals surface area contributed by atoms with Crippen molar-refractivity contribution in [1.29, 1.82) is 0 Å². The van der Waals surface area contributed by atoms with Crippen LogP contribution in [0.25, 0.3) is 0 Å². The van der Waals surface area contributed by atoms with E-state index in [4.69, 9.17) is 11.6 Å². The fourth-order valence-electron chi connectivity index (χ4n) is 1.72. The zero-order chi connectivity index (χ0) is 11.5. The van der Waals surface area contributed by atoms with Crippen molar-refractivity contribution in [3.05, 3.63) is 29.7 Å². The summed E-state index contributed by atoms with van der Waals surface area (Å²) in [6.07, 6.45) is 3.40. The zero-order valence-corrected chi connectivity index (χ0v) is 9.01. The SMILES string of the molecule is CCn1nccc1C(NN)c1cn[nH]c1N. The number of hydrazine groups is 1. The molecule has 0 aliphatic carbocycles. The van der Waals surface area contributed by atoms with Crippen molar-refractivity contribution in [2.45, 2.75) is 19.5 Å². The third-order valence-electron chi connectivity index (χ3n) is 2.52. The summed E-state index contributed by atoms with van der Waals surface area (Å²) in [6.45, 7) is 2.79. The van der Waals surface area contributed by atoms with Crippen molar-refractivity contribution in [2.24, 2.45) is 5.84 Å². The molecule has 0 aromatic carbocycles. The molecule has 0 radical (unpaired) electrons. The van der Waals surface area contributed by atoms with Crippen molar-refractivity contribution in [1.82, 2.24) is 25.4 Å². The number of nitrogens with one attached hydrogen (secondary N) is 2. The van der Waals surface area contributed by atoms with Gasteiger partial charge in [-0.3, -0.25) is 15.6 Å². The van der Waals surface area contributed by atoms with E-state index in [0.717, 1.165) is 17.8 Å². The molecule has 2 aromatic heterocycles. The van der Waals surface area contributed by atoms with Gasteiger partial charge < -0.3 is 5.73 Å². The minimum atomic E-state index is -0.207. The standard InChI is InChI=1S/C9H15N7/c1-2-16-7(3-4-13-16)8(14-11)6-5-12-15-9(6)10/h3-5,8,14H,2,11H2,1H3,(H3,10,12,15). The lowest BCUT2D eigenvalue weighted by Gasteiger charge is -2.16. The van der Waals surface area contributed by atoms with Gasteiger partial charge in [0.25, 0.3) is 0 Å². The van der Waals surface area contributed by atoms with Gasteiger partial charge in [0.1, 0.15) is 5.82 Å². The third-order valence-corrected chi connectivity index (χ3v) is 2.52. The topological polar surface area (TPSA) is 111 Å². The Morgan fingerprint density at radius 1 is 1.62 bits per heavy atom. The van der Waals surface area contributed by atoms with Crippen molar-refractivity contribution in [2.75, 3.05) is 5.73 Å². The Morgan fingerprint density at radius 3 is 3.00 bits per heavy atom. The number of anilines is 1. The van der Waals surface area contributed by atoms with Crippen LogP contribution in [-0.2, 0) is 6.54 Å². The van der Waals surface area contributed by atoms with E-state index in [2.05, 4.69) is 20.7 Å². The molecule has 86 valence electrons. The van der Waals surface area contributed by atoms with Crippen LogP contribution in [-0.4, -0.2) is 20.0 Å². The molecular weight excluding hydrogens is 206 g/mol. The average molecular weight is 221 g/mol. The molecule has 0 bridgehead atoms. The Kier molecular flexibility index (Phi) is 2.88. The number of aromatic amines is 1. The van der Waals surface area contributed by atoms with Gasteiger partial charge in [0.2, 0.25) is 0 Å². The van der Waals surface area contributed by atoms with E-state index in [9.17, 15) is 0 Å². The average Bonchev–Trinajstić information content (AvgIpc) is 2.90. The molecule has 6 N–H and O–H groups in total. The summed E-state index contributed by atoms with van der Waals surface area (Å²) < 4.78 is 1.86. The van der Waals surface area contributed by atoms with E-state index < -0.39 is 0 Å². The first kappa shape index (κ1) is 10.7. The maximum Gasteiger partial charge on any atom is 0.124 e. The van der Waals surface area contributed by atoms with Gasteiger partial charge in [-0.15, -0.1) is 0 Å². The molecule has 0 aliphatic rings. The largest absolute Gasteiger partial charge is 0.384 e. The molecule has 16 heavy (non-hydrogen) atoms. The number of nitrogens with zero attached hydrogens (tertiary/aromatic N) is 3. The van der Waals surface area contributed by atoms with E-state index in [-0.39, 0.29) is 6.04 Å². The molecule has 1 unspecified atom stereocenters. The van der Waals surface area contributed by atoms with Gasteiger partial charge >= 0.3 is 0 Å². The molecule has 0 saturated carbocycles. The van der Waals surface area contributed by atoms with Crippen molar-refractivity contribution in [3.63, 3.8) is 0 Å². The van der Waals surface area contributed by atoms with Gasteiger partial charge in [0.05, 0.1) is 17.9 Å². The van der Waals surface area contributed by atoms with E-state index >= 15 is 0 Å². The number of aromatic nitrogens is 4. The number of aryl methyl sites for hydroxylation is 1. The molecule has 0 aliphatic heterocycles. The highest BCUT2D eigenvalue weighted by atomic mass is 15.3. The molecule has 2 aromatic rings. The predicted octanol–water partition coefficient (Wildman–Crippen LogP) is -0.239. The highest BCUT2D eigenvalue weighted by molar-refractivity contribution is 5.42. The molecule has 0 fully saturated rings. The second-order valence-corrected chi connectivity index (χ2v) is 3.41. The van der Waals surface area contributed by atoms with Gasteiger partial charge in [-0.2, -0.15) is 10.2 Å². The molecule has 0 saturated heterocycles. The number of hydrogen-bond donors (Lipinski definition) is 4. The van der Waals surface area contributed by atoms with E-state index in [1.165, 1.54) is 0 Å². The van der Waals surface area contributed by atoms with Gasteiger partial charge in [-0.1, -0.05) is 0 Å². The smallest absolute Gasteiger partial charge is 0.124 e. The van der Waals surface area contributed by atoms with Crippen molar-refractivity contribution < 1.29 is 0 Å². The van der Waals surface area contributed by atoms with Crippen LogP contribution in [0, 0.1) is 0 Å². The van der Waals surface area contributed by atoms with Gasteiger partial charge in [0.15, 0.2) is 0 Å². The Morgan fingerprint density at radius 2 is 2.44 bits per heavy atom. The Labute approximate surface area is 92.8 Å². The second-order valence-electron chi connectivity index (χ2n) is 3.41. The molecule has 2 rings (SSSR count). The van der Waals surface area contributed by atoms with Crippen LogP contribution in [0.3, 0.4) is 0 Å². The van der Waals surface area contributed by atoms with Crippen molar-refractivity contribution >= 4 is 5.82 Å². The highest BCUT2D eigenvalue weighted by Gasteiger charge is 2.19. The number of rotatable bonds is 4. The lowest BCUT2D eigenvalue weighted by Crippen LogP contribution is -2.31. The number of nitrogens with two attached hydrogens (primary N) is 2. The summed E-state index contributed by atoms with van der Waals surface area (Å²) in [5.41, 5.74) is 10.3. The predicted molar refractivity (Wildman–Crippen MR) is 60.1 cm³/mol. The lowest BCUT2D eigenvalue weighted by molar-refractivity contribution is 0.544. The Bertz CT molecular complexity index is 458. The van der Waals surface area contributed by atoms with Gasteiger partial charge in [-0.25, -0.2) is 5.43 Å². The minimum absolute atomic E-state index is 0.207. The summed E-state index contributed by atoms with van der Waals surface area (Å²) in [7, 11) is 0. The Hall–Kier alpha value is -1.86. The number of nitrogen functional groups attached to an aromatic ring is 1. The van der Waals surface area contributed by atoms with Crippen LogP contribution in [0.15, 0.2) is 18.5 Å². The molecule has 0 spiro atoms. The normalized spacial score (nSPS) is 12.9. The number of H-pyrrole nitrogens is 1. The van der Waals surface area contributed by atoms with Crippen LogP contribution >= 0.6 is 0 Å². The number of hydrogen-bond acceptors (Lipinski definition) is 5. The van der Waals surface area contributed by atoms with Crippen LogP contribution < -0.4 is 17.0 Å².